The molecule has 0 spiro atoms. The fourth-order valence-corrected chi connectivity index (χ4v) is 3.75. The Morgan fingerprint density at radius 2 is 1.67 bits per heavy atom. The lowest BCUT2D eigenvalue weighted by molar-refractivity contribution is -0.144. The number of phenols is 1. The van der Waals surface area contributed by atoms with Gasteiger partial charge in [-0.1, -0.05) is 30.2 Å². The lowest BCUT2D eigenvalue weighted by Crippen LogP contribution is -2.54. The molecule has 0 heterocycles. The molecule has 0 aliphatic carbocycles. The number of nitrogens with zero attached hydrogens (tertiary/aromatic N) is 1. The number of carbonyl (C=O) groups is 4. The molecule has 2 atom stereocenters. The number of hydrogen-bond donors (Lipinski definition) is 3. The fourth-order valence-electron chi connectivity index (χ4n) is 3.75. The van der Waals surface area contributed by atoms with E-state index in [0.29, 0.717) is 16.7 Å². The quantitative estimate of drug-likeness (QED) is 0.313. The Morgan fingerprint density at radius 1 is 1.05 bits per heavy atom. The Labute approximate surface area is 228 Å². The Balaban J connectivity index is 2.48. The first-order chi connectivity index (χ1) is 18.4. The molecule has 2 aromatic rings. The van der Waals surface area contributed by atoms with E-state index in [1.165, 1.54) is 24.1 Å². The molecule has 0 aliphatic rings. The second-order valence-electron chi connectivity index (χ2n) is 9.66. The Morgan fingerprint density at radius 3 is 2.18 bits per heavy atom. The van der Waals surface area contributed by atoms with E-state index in [-0.39, 0.29) is 18.7 Å². The van der Waals surface area contributed by atoms with Crippen molar-refractivity contribution in [3.05, 3.63) is 65.2 Å². The third kappa shape index (κ3) is 9.38. The molecule has 10 heteroatoms. The van der Waals surface area contributed by atoms with Gasteiger partial charge in [-0.25, -0.2) is 4.79 Å². The van der Waals surface area contributed by atoms with Crippen molar-refractivity contribution in [3.8, 4) is 18.1 Å². The summed E-state index contributed by atoms with van der Waals surface area (Å²) in [5, 5.41) is 14.8. The van der Waals surface area contributed by atoms with E-state index in [1.54, 1.807) is 64.1 Å². The number of alkyl carbamates (subject to hydrolysis) is 1. The van der Waals surface area contributed by atoms with Gasteiger partial charge in [-0.2, -0.15) is 0 Å². The minimum absolute atomic E-state index is 0.0506. The maximum atomic E-state index is 14.0. The fraction of sp³-hybridized carbons (Fsp3) is 0.379. The summed E-state index contributed by atoms with van der Waals surface area (Å²) < 4.78 is 9.99. The first-order valence-corrected chi connectivity index (χ1v) is 12.4. The second kappa shape index (κ2) is 13.9. The summed E-state index contributed by atoms with van der Waals surface area (Å²) in [7, 11) is 1.20. The molecule has 0 fully saturated rings. The highest BCUT2D eigenvalue weighted by molar-refractivity contribution is 5.93. The van der Waals surface area contributed by atoms with Gasteiger partial charge in [0.2, 0.25) is 11.8 Å². The number of likely N-dealkylation sites (N-methyl/N-ethyl adjacent to an activating group) is 1. The van der Waals surface area contributed by atoms with Gasteiger partial charge in [0.25, 0.3) is 0 Å². The summed E-state index contributed by atoms with van der Waals surface area (Å²) in [4.78, 5) is 53.0. The molecule has 10 nitrogen and oxygen atoms in total. The zero-order valence-electron chi connectivity index (χ0n) is 22.8. The first-order valence-electron chi connectivity index (χ1n) is 12.4. The van der Waals surface area contributed by atoms with Crippen LogP contribution in [0.25, 0.3) is 0 Å². The lowest BCUT2D eigenvalue weighted by Gasteiger charge is -2.33. The molecule has 0 saturated carbocycles. The predicted molar refractivity (Wildman–Crippen MR) is 144 cm³/mol. The maximum absolute atomic E-state index is 14.0. The zero-order chi connectivity index (χ0) is 29.2. The molecule has 3 amide bonds. The van der Waals surface area contributed by atoms with Crippen molar-refractivity contribution in [2.75, 3.05) is 20.2 Å². The van der Waals surface area contributed by atoms with E-state index in [2.05, 4.69) is 21.3 Å². The lowest BCUT2D eigenvalue weighted by atomic mass is 9.99. The van der Waals surface area contributed by atoms with Gasteiger partial charge in [0, 0.05) is 18.5 Å². The van der Waals surface area contributed by atoms with E-state index in [1.807, 2.05) is 0 Å². The van der Waals surface area contributed by atoms with Crippen molar-refractivity contribution in [2.45, 2.75) is 51.8 Å². The smallest absolute Gasteiger partial charge is 0.408 e. The van der Waals surface area contributed by atoms with Crippen LogP contribution in [0.2, 0.25) is 0 Å². The number of nitrogens with one attached hydrogen (secondary N) is 2. The van der Waals surface area contributed by atoms with Crippen LogP contribution in [-0.2, 0) is 30.3 Å². The maximum Gasteiger partial charge on any atom is 0.408 e. The third-order valence-corrected chi connectivity index (χ3v) is 5.58. The summed E-state index contributed by atoms with van der Waals surface area (Å²) in [5.41, 5.74) is 0.879. The average Bonchev–Trinajstić information content (AvgIpc) is 2.89. The van der Waals surface area contributed by atoms with Gasteiger partial charge in [-0.15, -0.1) is 6.42 Å². The topological polar surface area (TPSA) is 134 Å². The van der Waals surface area contributed by atoms with Crippen LogP contribution in [0.5, 0.6) is 5.75 Å². The van der Waals surface area contributed by atoms with Crippen molar-refractivity contribution >= 4 is 23.9 Å². The molecule has 0 radical (unpaired) electrons. The van der Waals surface area contributed by atoms with Gasteiger partial charge in [-0.05, 0) is 63.1 Å². The van der Waals surface area contributed by atoms with Crippen molar-refractivity contribution in [1.82, 2.24) is 15.5 Å². The number of ether oxygens (including phenoxy) is 2. The van der Waals surface area contributed by atoms with E-state index < -0.39 is 48.1 Å². The summed E-state index contributed by atoms with van der Waals surface area (Å²) in [5.74, 6) is 0.718. The van der Waals surface area contributed by atoms with Crippen LogP contribution in [0.15, 0.2) is 48.5 Å². The standard InChI is InChI=1S/C29H35N3O7/c1-7-19-9-13-21(14-10-19)25(26(35)30-18-24(34)38-6)32(8-2)27(36)23(31-28(37)39-29(3,4)5)17-20-11-15-22(33)16-12-20/h1,9-16,23,25,33H,8,17-18H2,2-6H3,(H,30,35)(H,31,37). The minimum Gasteiger partial charge on any atom is -0.508 e. The molecular weight excluding hydrogens is 502 g/mol. The van der Waals surface area contributed by atoms with Crippen LogP contribution in [-0.4, -0.2) is 65.7 Å². The normalized spacial score (nSPS) is 12.3. The molecule has 2 rings (SSSR count). The van der Waals surface area contributed by atoms with Crippen molar-refractivity contribution in [2.24, 2.45) is 0 Å². The van der Waals surface area contributed by atoms with Crippen LogP contribution in [0.3, 0.4) is 0 Å². The number of terminal acetylenes is 1. The number of methoxy groups -OCH3 is 1. The van der Waals surface area contributed by atoms with Crippen molar-refractivity contribution in [1.29, 1.82) is 0 Å². The van der Waals surface area contributed by atoms with Crippen LogP contribution in [0, 0.1) is 12.3 Å². The van der Waals surface area contributed by atoms with Gasteiger partial charge >= 0.3 is 12.1 Å². The van der Waals surface area contributed by atoms with E-state index in [0.717, 1.165) is 0 Å². The van der Waals surface area contributed by atoms with Gasteiger partial charge in [0.15, 0.2) is 0 Å². The average molecular weight is 538 g/mol. The van der Waals surface area contributed by atoms with E-state index in [4.69, 9.17) is 11.2 Å². The number of carbonyl (C=O) groups excluding carboxylic acids is 4. The second-order valence-corrected chi connectivity index (χ2v) is 9.66. The molecule has 2 aromatic carbocycles. The number of aromatic hydroxyl groups is 1. The largest absolute Gasteiger partial charge is 0.508 e. The molecule has 2 unspecified atom stereocenters. The van der Waals surface area contributed by atoms with Gasteiger partial charge in [-0.3, -0.25) is 14.4 Å². The number of amides is 3. The molecule has 0 aromatic heterocycles. The zero-order valence-corrected chi connectivity index (χ0v) is 22.8. The molecule has 208 valence electrons. The summed E-state index contributed by atoms with van der Waals surface area (Å²) in [6.45, 7) is 6.48. The van der Waals surface area contributed by atoms with Crippen LogP contribution >= 0.6 is 0 Å². The summed E-state index contributed by atoms with van der Waals surface area (Å²) in [6.07, 6.45) is 4.72. The minimum atomic E-state index is -1.15. The molecule has 0 aliphatic heterocycles. The molecular formula is C29H35N3O7. The monoisotopic (exact) mass is 537 g/mol. The van der Waals surface area contributed by atoms with Gasteiger partial charge < -0.3 is 30.1 Å². The number of esters is 1. The number of rotatable bonds is 10. The summed E-state index contributed by atoms with van der Waals surface area (Å²) in [6, 6.07) is 10.5. The highest BCUT2D eigenvalue weighted by Crippen LogP contribution is 2.24. The first kappa shape index (κ1) is 30.7. The molecule has 3 N–H and O–H groups in total. The summed E-state index contributed by atoms with van der Waals surface area (Å²) >= 11 is 0. The van der Waals surface area contributed by atoms with Crippen LogP contribution in [0.4, 0.5) is 4.79 Å². The van der Waals surface area contributed by atoms with Gasteiger partial charge in [0.05, 0.1) is 7.11 Å². The van der Waals surface area contributed by atoms with Crippen LogP contribution in [0.1, 0.15) is 50.4 Å². The molecule has 0 bridgehead atoms. The molecule has 0 saturated heterocycles. The number of benzene rings is 2. The Kier molecular flexibility index (Phi) is 10.9. The van der Waals surface area contributed by atoms with Crippen molar-refractivity contribution < 1.29 is 33.8 Å². The molecule has 39 heavy (non-hydrogen) atoms. The van der Waals surface area contributed by atoms with E-state index >= 15 is 0 Å². The Bertz CT molecular complexity index is 1200. The predicted octanol–water partition coefficient (Wildman–Crippen LogP) is 2.69. The highest BCUT2D eigenvalue weighted by atomic mass is 16.6. The number of phenolic OH excluding ortho intramolecular Hbond substituents is 1. The number of hydrogen-bond acceptors (Lipinski definition) is 7. The van der Waals surface area contributed by atoms with Gasteiger partial charge in [0.1, 0.15) is 30.0 Å². The van der Waals surface area contributed by atoms with E-state index in [9.17, 15) is 24.3 Å². The Hall–Kier alpha value is -4.52. The van der Waals surface area contributed by atoms with Crippen molar-refractivity contribution in [3.63, 3.8) is 0 Å². The highest BCUT2D eigenvalue weighted by Gasteiger charge is 2.35. The third-order valence-electron chi connectivity index (χ3n) is 5.58. The van der Waals surface area contributed by atoms with Crippen LogP contribution < -0.4 is 10.6 Å². The SMILES string of the molecule is C#Cc1ccc(C(C(=O)NCC(=O)OC)N(CC)C(=O)C(Cc2ccc(O)cc2)NC(=O)OC(C)(C)C)cc1.